The van der Waals surface area contributed by atoms with E-state index in [0.717, 1.165) is 37.7 Å². The summed E-state index contributed by atoms with van der Waals surface area (Å²) in [5, 5.41) is 5.78. The maximum atomic E-state index is 13.2. The van der Waals surface area contributed by atoms with Crippen molar-refractivity contribution in [1.29, 1.82) is 0 Å². The predicted molar refractivity (Wildman–Crippen MR) is 97.9 cm³/mol. The van der Waals surface area contributed by atoms with Crippen molar-refractivity contribution in [2.75, 3.05) is 6.54 Å². The van der Waals surface area contributed by atoms with Gasteiger partial charge in [0.25, 0.3) is 0 Å². The molecule has 1 aliphatic carbocycles. The Kier molecular flexibility index (Phi) is 5.59. The molecule has 0 atom stereocenters. The summed E-state index contributed by atoms with van der Waals surface area (Å²) in [6.07, 6.45) is 6.82. The lowest BCUT2D eigenvalue weighted by atomic mass is 9.77. The average molecular weight is 359 g/mol. The van der Waals surface area contributed by atoms with E-state index in [0.29, 0.717) is 19.5 Å². The third-order valence-electron chi connectivity index (χ3n) is 5.58. The first-order valence-electron chi connectivity index (χ1n) is 9.23. The maximum Gasteiger partial charge on any atom is 0.315 e. The normalized spacial score (nSPS) is 25.3. The molecule has 6 heteroatoms. The van der Waals surface area contributed by atoms with E-state index < -0.39 is 0 Å². The van der Waals surface area contributed by atoms with Crippen LogP contribution in [0.3, 0.4) is 0 Å². The number of benzene rings is 1. The first-order valence-corrected chi connectivity index (χ1v) is 9.23. The molecule has 1 saturated carbocycles. The zero-order chi connectivity index (χ0) is 18.6. The van der Waals surface area contributed by atoms with Gasteiger partial charge in [0.2, 0.25) is 5.91 Å². The summed E-state index contributed by atoms with van der Waals surface area (Å²) in [6, 6.07) is 6.07. The molecule has 5 nitrogen and oxygen atoms in total. The number of halogens is 1. The van der Waals surface area contributed by atoms with E-state index in [1.54, 1.807) is 18.2 Å². The molecule has 3 amide bonds. The number of rotatable bonds is 5. The Hall–Kier alpha value is -2.37. The van der Waals surface area contributed by atoms with Gasteiger partial charge in [-0.1, -0.05) is 18.2 Å². The molecule has 1 aromatic rings. The number of likely N-dealkylation sites (tertiary alicyclic amines) is 1. The van der Waals surface area contributed by atoms with Crippen molar-refractivity contribution >= 4 is 11.9 Å². The first-order chi connectivity index (χ1) is 12.5. The summed E-state index contributed by atoms with van der Waals surface area (Å²) in [7, 11) is 0. The van der Waals surface area contributed by atoms with Crippen LogP contribution in [-0.2, 0) is 11.3 Å². The molecule has 140 valence electrons. The molecule has 2 fully saturated rings. The highest BCUT2D eigenvalue weighted by molar-refractivity contribution is 5.80. The number of urea groups is 1. The summed E-state index contributed by atoms with van der Waals surface area (Å²) in [4.78, 5) is 26.2. The number of hydrogen-bond donors (Lipinski definition) is 2. The van der Waals surface area contributed by atoms with Crippen molar-refractivity contribution in [3.63, 3.8) is 0 Å². The summed E-state index contributed by atoms with van der Waals surface area (Å²) in [5.41, 5.74) is 0.675. The molecular weight excluding hydrogens is 333 g/mol. The van der Waals surface area contributed by atoms with Gasteiger partial charge in [0.1, 0.15) is 5.82 Å². The Balaban J connectivity index is 1.47. The van der Waals surface area contributed by atoms with Crippen LogP contribution in [0.4, 0.5) is 9.18 Å². The van der Waals surface area contributed by atoms with Gasteiger partial charge in [-0.15, -0.1) is 6.58 Å². The lowest BCUT2D eigenvalue weighted by Crippen LogP contribution is -2.52. The van der Waals surface area contributed by atoms with Crippen molar-refractivity contribution < 1.29 is 14.0 Å². The molecule has 26 heavy (non-hydrogen) atoms. The number of carbonyl (C=O) groups excluding carboxylic acids is 2. The Morgan fingerprint density at radius 1 is 1.35 bits per heavy atom. The highest BCUT2D eigenvalue weighted by Crippen LogP contribution is 2.42. The number of nitrogens with zero attached hydrogens (tertiary/aromatic N) is 1. The van der Waals surface area contributed by atoms with Crippen LogP contribution < -0.4 is 10.6 Å². The summed E-state index contributed by atoms with van der Waals surface area (Å²) < 4.78 is 13.2. The van der Waals surface area contributed by atoms with Gasteiger partial charge in [0, 0.05) is 31.1 Å². The molecule has 0 aromatic heterocycles. The van der Waals surface area contributed by atoms with E-state index in [4.69, 9.17) is 0 Å². The van der Waals surface area contributed by atoms with Gasteiger partial charge in [-0.25, -0.2) is 9.18 Å². The van der Waals surface area contributed by atoms with Crippen LogP contribution in [0.25, 0.3) is 0 Å². The highest BCUT2D eigenvalue weighted by atomic mass is 19.1. The Morgan fingerprint density at radius 3 is 2.81 bits per heavy atom. The van der Waals surface area contributed by atoms with Gasteiger partial charge in [-0.2, -0.15) is 0 Å². The number of carbonyl (C=O) groups is 2. The fraction of sp³-hybridized carbons (Fsp3) is 0.500. The third-order valence-corrected chi connectivity index (χ3v) is 5.58. The largest absolute Gasteiger partial charge is 0.335 e. The topological polar surface area (TPSA) is 61.4 Å². The summed E-state index contributed by atoms with van der Waals surface area (Å²) in [5.74, 6) is -0.0957. The molecule has 1 heterocycles. The van der Waals surface area contributed by atoms with Crippen LogP contribution in [0.15, 0.2) is 36.9 Å². The molecular formula is C20H26FN3O2. The smallest absolute Gasteiger partial charge is 0.315 e. The molecule has 0 unspecified atom stereocenters. The first kappa shape index (κ1) is 18.4. The minimum absolute atomic E-state index is 0.0541. The van der Waals surface area contributed by atoms with Gasteiger partial charge < -0.3 is 15.5 Å². The standard InChI is InChI=1S/C20H26FN3O2/c1-2-12-24-18(25)8-11-20(24)9-6-17(7-10-20)23-19(26)22-14-15-4-3-5-16(21)13-15/h2-5,13,17H,1,6-12,14H2,(H2,22,23,26). The fourth-order valence-electron chi connectivity index (χ4n) is 4.18. The Labute approximate surface area is 153 Å². The van der Waals surface area contributed by atoms with E-state index in [1.807, 2.05) is 4.90 Å². The number of amides is 3. The van der Waals surface area contributed by atoms with Crippen molar-refractivity contribution in [3.8, 4) is 0 Å². The third kappa shape index (κ3) is 4.06. The van der Waals surface area contributed by atoms with Gasteiger partial charge in [-0.05, 0) is 49.8 Å². The van der Waals surface area contributed by atoms with E-state index in [2.05, 4.69) is 17.2 Å². The Bertz CT molecular complexity index is 683. The van der Waals surface area contributed by atoms with E-state index in [-0.39, 0.29) is 29.3 Å². The molecule has 2 aliphatic rings. The van der Waals surface area contributed by atoms with Crippen LogP contribution in [0.5, 0.6) is 0 Å². The number of nitrogens with one attached hydrogen (secondary N) is 2. The van der Waals surface area contributed by atoms with E-state index in [1.165, 1.54) is 12.1 Å². The van der Waals surface area contributed by atoms with Crippen LogP contribution >= 0.6 is 0 Å². The molecule has 0 radical (unpaired) electrons. The highest BCUT2D eigenvalue weighted by Gasteiger charge is 2.46. The minimum atomic E-state index is -0.308. The molecule has 1 aromatic carbocycles. The fourth-order valence-corrected chi connectivity index (χ4v) is 4.18. The van der Waals surface area contributed by atoms with Gasteiger partial charge in [0.05, 0.1) is 0 Å². The zero-order valence-electron chi connectivity index (χ0n) is 15.0. The van der Waals surface area contributed by atoms with E-state index in [9.17, 15) is 14.0 Å². The quantitative estimate of drug-likeness (QED) is 0.794. The maximum absolute atomic E-state index is 13.2. The van der Waals surface area contributed by atoms with E-state index >= 15 is 0 Å². The van der Waals surface area contributed by atoms with Crippen molar-refractivity contribution in [1.82, 2.24) is 15.5 Å². The molecule has 0 bridgehead atoms. The minimum Gasteiger partial charge on any atom is -0.335 e. The summed E-state index contributed by atoms with van der Waals surface area (Å²) in [6.45, 7) is 4.65. The summed E-state index contributed by atoms with van der Waals surface area (Å²) >= 11 is 0. The lowest BCUT2D eigenvalue weighted by molar-refractivity contribution is -0.131. The average Bonchev–Trinajstić information content (AvgIpc) is 2.92. The molecule has 1 saturated heterocycles. The SMILES string of the molecule is C=CCN1C(=O)CCC12CCC(NC(=O)NCc1cccc(F)c1)CC2. The van der Waals surface area contributed by atoms with Crippen LogP contribution in [0.2, 0.25) is 0 Å². The second-order valence-electron chi connectivity index (χ2n) is 7.25. The second-order valence-corrected chi connectivity index (χ2v) is 7.25. The van der Waals surface area contributed by atoms with Crippen LogP contribution in [0, 0.1) is 5.82 Å². The molecule has 1 aliphatic heterocycles. The number of hydrogen-bond acceptors (Lipinski definition) is 2. The van der Waals surface area contributed by atoms with Gasteiger partial charge in [-0.3, -0.25) is 4.79 Å². The van der Waals surface area contributed by atoms with Crippen LogP contribution in [0.1, 0.15) is 44.1 Å². The molecule has 1 spiro atoms. The molecule has 2 N–H and O–H groups in total. The predicted octanol–water partition coefficient (Wildman–Crippen LogP) is 3.11. The van der Waals surface area contributed by atoms with Crippen LogP contribution in [-0.4, -0.2) is 35.0 Å². The van der Waals surface area contributed by atoms with Crippen molar-refractivity contribution in [2.24, 2.45) is 0 Å². The zero-order valence-corrected chi connectivity index (χ0v) is 15.0. The lowest BCUT2D eigenvalue weighted by Gasteiger charge is -2.43. The Morgan fingerprint density at radius 2 is 2.12 bits per heavy atom. The van der Waals surface area contributed by atoms with Gasteiger partial charge in [0.15, 0.2) is 0 Å². The second kappa shape index (κ2) is 7.89. The molecule has 3 rings (SSSR count). The van der Waals surface area contributed by atoms with Gasteiger partial charge >= 0.3 is 6.03 Å². The van der Waals surface area contributed by atoms with Crippen molar-refractivity contribution in [3.05, 3.63) is 48.3 Å². The van der Waals surface area contributed by atoms with Crippen molar-refractivity contribution in [2.45, 2.75) is 56.7 Å². The monoisotopic (exact) mass is 359 g/mol.